The molecule has 0 aliphatic rings. The molecule has 4 heteroatoms. The summed E-state index contributed by atoms with van der Waals surface area (Å²) in [5.74, 6) is -1.33. The van der Waals surface area contributed by atoms with Gasteiger partial charge < -0.3 is 9.64 Å². The zero-order valence-corrected chi connectivity index (χ0v) is 16.5. The van der Waals surface area contributed by atoms with Crippen LogP contribution >= 0.6 is 0 Å². The van der Waals surface area contributed by atoms with Gasteiger partial charge in [-0.2, -0.15) is 0 Å². The molecule has 2 aromatic rings. The zero-order chi connectivity index (χ0) is 19.4. The SMILES string of the molecule is COC(c1c(F)cccc1F)C(CN(C)C(C)C)c1c(C)cccc1C. The van der Waals surface area contributed by atoms with Crippen LogP contribution in [0.15, 0.2) is 36.4 Å². The third-order valence-electron chi connectivity index (χ3n) is 5.18. The van der Waals surface area contributed by atoms with Gasteiger partial charge in [0.2, 0.25) is 0 Å². The number of benzene rings is 2. The van der Waals surface area contributed by atoms with E-state index in [1.807, 2.05) is 39.1 Å². The van der Waals surface area contributed by atoms with Crippen molar-refractivity contribution in [3.63, 3.8) is 0 Å². The summed E-state index contributed by atoms with van der Waals surface area (Å²) >= 11 is 0. The third-order valence-corrected chi connectivity index (χ3v) is 5.18. The molecule has 0 aliphatic heterocycles. The first kappa shape index (κ1) is 20.5. The first-order valence-corrected chi connectivity index (χ1v) is 9.01. The lowest BCUT2D eigenvalue weighted by Crippen LogP contribution is -2.34. The molecular formula is C22H29F2NO. The van der Waals surface area contributed by atoms with Gasteiger partial charge in [-0.3, -0.25) is 0 Å². The number of aryl methyl sites for hydroxylation is 2. The molecule has 0 fully saturated rings. The lowest BCUT2D eigenvalue weighted by atomic mass is 9.83. The molecule has 2 atom stereocenters. The zero-order valence-electron chi connectivity index (χ0n) is 16.5. The maximum Gasteiger partial charge on any atom is 0.131 e. The molecule has 0 heterocycles. The minimum atomic E-state index is -0.711. The van der Waals surface area contributed by atoms with E-state index < -0.39 is 17.7 Å². The quantitative estimate of drug-likeness (QED) is 0.655. The maximum absolute atomic E-state index is 14.5. The van der Waals surface area contributed by atoms with Crippen LogP contribution in [-0.2, 0) is 4.74 Å². The molecule has 0 aliphatic carbocycles. The van der Waals surface area contributed by atoms with Gasteiger partial charge in [0.15, 0.2) is 0 Å². The van der Waals surface area contributed by atoms with Gasteiger partial charge in [-0.05, 0) is 63.6 Å². The molecular weight excluding hydrogens is 332 g/mol. The fourth-order valence-electron chi connectivity index (χ4n) is 3.54. The number of hydrogen-bond acceptors (Lipinski definition) is 2. The highest BCUT2D eigenvalue weighted by Gasteiger charge is 2.32. The molecule has 0 bridgehead atoms. The van der Waals surface area contributed by atoms with E-state index in [2.05, 4.69) is 18.7 Å². The number of nitrogens with zero attached hydrogens (tertiary/aromatic N) is 1. The molecule has 0 aromatic heterocycles. The summed E-state index contributed by atoms with van der Waals surface area (Å²) in [6.07, 6.45) is -0.711. The standard InChI is InChI=1S/C22H29F2NO/c1-14(2)25(5)13-17(20-15(3)9-7-10-16(20)4)22(26-6)21-18(23)11-8-12-19(21)24/h7-12,14,17,22H,13H2,1-6H3. The van der Waals surface area contributed by atoms with E-state index in [-0.39, 0.29) is 11.5 Å². The average molecular weight is 361 g/mol. The Morgan fingerprint density at radius 3 is 1.88 bits per heavy atom. The van der Waals surface area contributed by atoms with Crippen LogP contribution < -0.4 is 0 Å². The fourth-order valence-corrected chi connectivity index (χ4v) is 3.54. The molecule has 0 spiro atoms. The van der Waals surface area contributed by atoms with Crippen molar-refractivity contribution in [3.05, 3.63) is 70.3 Å². The Morgan fingerprint density at radius 1 is 0.923 bits per heavy atom. The smallest absolute Gasteiger partial charge is 0.131 e. The van der Waals surface area contributed by atoms with Crippen LogP contribution in [0.2, 0.25) is 0 Å². The van der Waals surface area contributed by atoms with Crippen LogP contribution in [0.3, 0.4) is 0 Å². The number of ether oxygens (including phenoxy) is 1. The molecule has 0 saturated heterocycles. The van der Waals surface area contributed by atoms with E-state index in [9.17, 15) is 8.78 Å². The normalized spacial score (nSPS) is 14.1. The molecule has 0 radical (unpaired) electrons. The van der Waals surface area contributed by atoms with Crippen molar-refractivity contribution in [3.8, 4) is 0 Å². The van der Waals surface area contributed by atoms with Gasteiger partial charge in [-0.1, -0.05) is 24.3 Å². The number of methoxy groups -OCH3 is 1. The Labute approximate surface area is 155 Å². The summed E-state index contributed by atoms with van der Waals surface area (Å²) in [5, 5.41) is 0. The van der Waals surface area contributed by atoms with Crippen molar-refractivity contribution in [1.29, 1.82) is 0 Å². The molecule has 2 rings (SSSR count). The summed E-state index contributed by atoms with van der Waals surface area (Å²) in [5.41, 5.74) is 3.30. The average Bonchev–Trinajstić information content (AvgIpc) is 2.57. The second-order valence-electron chi connectivity index (χ2n) is 7.24. The second-order valence-corrected chi connectivity index (χ2v) is 7.24. The van der Waals surface area contributed by atoms with Crippen LogP contribution in [-0.4, -0.2) is 31.6 Å². The van der Waals surface area contributed by atoms with Crippen molar-refractivity contribution >= 4 is 0 Å². The minimum absolute atomic E-state index is 0.000177. The number of rotatable bonds is 7. The van der Waals surface area contributed by atoms with E-state index in [4.69, 9.17) is 4.74 Å². The number of likely N-dealkylation sites (N-methyl/N-ethyl adjacent to an activating group) is 1. The Hall–Kier alpha value is -1.78. The molecule has 0 amide bonds. The van der Waals surface area contributed by atoms with Crippen LogP contribution in [0, 0.1) is 25.5 Å². The second kappa shape index (κ2) is 8.74. The monoisotopic (exact) mass is 361 g/mol. The van der Waals surface area contributed by atoms with E-state index in [1.54, 1.807) is 0 Å². The summed E-state index contributed by atoms with van der Waals surface area (Å²) in [7, 11) is 3.54. The predicted molar refractivity (Wildman–Crippen MR) is 103 cm³/mol. The fraction of sp³-hybridized carbons (Fsp3) is 0.455. The van der Waals surface area contributed by atoms with Gasteiger partial charge in [0, 0.05) is 25.6 Å². The third kappa shape index (κ3) is 4.30. The van der Waals surface area contributed by atoms with E-state index in [0.29, 0.717) is 12.6 Å². The molecule has 2 nitrogen and oxygen atoms in total. The topological polar surface area (TPSA) is 12.5 Å². The Balaban J connectivity index is 2.61. The van der Waals surface area contributed by atoms with Crippen LogP contribution in [0.1, 0.15) is 48.1 Å². The van der Waals surface area contributed by atoms with Gasteiger partial charge in [0.1, 0.15) is 11.6 Å². The molecule has 0 saturated carbocycles. The minimum Gasteiger partial charge on any atom is -0.376 e. The van der Waals surface area contributed by atoms with Crippen LogP contribution in [0.5, 0.6) is 0 Å². The lowest BCUT2D eigenvalue weighted by molar-refractivity contribution is 0.0573. The summed E-state index contributed by atoms with van der Waals surface area (Å²) < 4.78 is 34.8. The summed E-state index contributed by atoms with van der Waals surface area (Å²) in [6, 6.07) is 10.4. The van der Waals surface area contributed by atoms with E-state index in [0.717, 1.165) is 16.7 Å². The van der Waals surface area contributed by atoms with Gasteiger partial charge in [0.25, 0.3) is 0 Å². The molecule has 0 N–H and O–H groups in total. The molecule has 26 heavy (non-hydrogen) atoms. The van der Waals surface area contributed by atoms with Gasteiger partial charge in [-0.25, -0.2) is 8.78 Å². The van der Waals surface area contributed by atoms with Crippen molar-refractivity contribution in [2.75, 3.05) is 20.7 Å². The molecule has 2 aromatic carbocycles. The van der Waals surface area contributed by atoms with Crippen molar-refractivity contribution < 1.29 is 13.5 Å². The predicted octanol–water partition coefficient (Wildman–Crippen LogP) is 5.39. The van der Waals surface area contributed by atoms with Crippen LogP contribution in [0.4, 0.5) is 8.78 Å². The molecule has 142 valence electrons. The Bertz CT molecular complexity index is 704. The lowest BCUT2D eigenvalue weighted by Gasteiger charge is -2.34. The maximum atomic E-state index is 14.5. The first-order chi connectivity index (χ1) is 12.3. The number of halogens is 2. The van der Waals surface area contributed by atoms with Crippen LogP contribution in [0.25, 0.3) is 0 Å². The van der Waals surface area contributed by atoms with Gasteiger partial charge in [0.05, 0.1) is 11.7 Å². The van der Waals surface area contributed by atoms with E-state index >= 15 is 0 Å². The first-order valence-electron chi connectivity index (χ1n) is 9.01. The number of hydrogen-bond donors (Lipinski definition) is 0. The van der Waals surface area contributed by atoms with Gasteiger partial charge in [-0.15, -0.1) is 0 Å². The highest BCUT2D eigenvalue weighted by molar-refractivity contribution is 5.39. The van der Waals surface area contributed by atoms with Crippen molar-refractivity contribution in [2.24, 2.45) is 0 Å². The van der Waals surface area contributed by atoms with Crippen molar-refractivity contribution in [2.45, 2.75) is 45.8 Å². The molecule has 2 unspecified atom stereocenters. The summed E-state index contributed by atoms with van der Waals surface area (Å²) in [6.45, 7) is 8.92. The Morgan fingerprint density at radius 2 is 1.42 bits per heavy atom. The Kier molecular flexibility index (Phi) is 6.90. The van der Waals surface area contributed by atoms with Gasteiger partial charge >= 0.3 is 0 Å². The largest absolute Gasteiger partial charge is 0.376 e. The van der Waals surface area contributed by atoms with E-state index in [1.165, 1.54) is 25.3 Å². The summed E-state index contributed by atoms with van der Waals surface area (Å²) in [4.78, 5) is 2.18. The highest BCUT2D eigenvalue weighted by atomic mass is 19.1. The van der Waals surface area contributed by atoms with Crippen molar-refractivity contribution in [1.82, 2.24) is 4.90 Å². The highest BCUT2D eigenvalue weighted by Crippen LogP contribution is 2.39.